The SMILES string of the molecule is O=C(O)C1CCCN(Cc2cn(-c3ccc(Cl)cc3)nn2)C1. The van der Waals surface area contributed by atoms with Gasteiger partial charge in [-0.2, -0.15) is 0 Å². The van der Waals surface area contributed by atoms with E-state index in [-0.39, 0.29) is 5.92 Å². The molecule has 0 aliphatic carbocycles. The Hall–Kier alpha value is -1.92. The summed E-state index contributed by atoms with van der Waals surface area (Å²) in [6.07, 6.45) is 3.53. The fourth-order valence-corrected chi connectivity index (χ4v) is 2.85. The molecule has 0 spiro atoms. The van der Waals surface area contributed by atoms with Crippen LogP contribution in [0.4, 0.5) is 0 Å². The molecular formula is C15H17ClN4O2. The Morgan fingerprint density at radius 1 is 1.36 bits per heavy atom. The number of likely N-dealkylation sites (tertiary alicyclic amines) is 1. The van der Waals surface area contributed by atoms with Gasteiger partial charge in [0.25, 0.3) is 0 Å². The van der Waals surface area contributed by atoms with Crippen molar-refractivity contribution < 1.29 is 9.90 Å². The van der Waals surface area contributed by atoms with E-state index < -0.39 is 5.97 Å². The van der Waals surface area contributed by atoms with Crippen molar-refractivity contribution in [2.45, 2.75) is 19.4 Å². The maximum absolute atomic E-state index is 11.1. The lowest BCUT2D eigenvalue weighted by Crippen LogP contribution is -2.38. The van der Waals surface area contributed by atoms with E-state index in [9.17, 15) is 4.79 Å². The molecule has 2 aromatic rings. The third-order valence-electron chi connectivity index (χ3n) is 3.87. The average Bonchev–Trinajstić information content (AvgIpc) is 2.96. The molecule has 22 heavy (non-hydrogen) atoms. The van der Waals surface area contributed by atoms with Gasteiger partial charge in [0.1, 0.15) is 0 Å². The lowest BCUT2D eigenvalue weighted by atomic mass is 9.98. The van der Waals surface area contributed by atoms with E-state index in [2.05, 4.69) is 15.2 Å². The first-order valence-electron chi connectivity index (χ1n) is 7.24. The van der Waals surface area contributed by atoms with Gasteiger partial charge in [-0.15, -0.1) is 5.10 Å². The number of carbonyl (C=O) groups is 1. The van der Waals surface area contributed by atoms with Gasteiger partial charge in [0.05, 0.1) is 23.5 Å². The Morgan fingerprint density at radius 2 is 2.14 bits per heavy atom. The van der Waals surface area contributed by atoms with Crippen molar-refractivity contribution in [3.63, 3.8) is 0 Å². The van der Waals surface area contributed by atoms with Gasteiger partial charge in [-0.3, -0.25) is 9.69 Å². The quantitative estimate of drug-likeness (QED) is 0.935. The summed E-state index contributed by atoms with van der Waals surface area (Å²) in [6, 6.07) is 7.37. The van der Waals surface area contributed by atoms with Crippen molar-refractivity contribution in [2.75, 3.05) is 13.1 Å². The smallest absolute Gasteiger partial charge is 0.307 e. The van der Waals surface area contributed by atoms with Crippen molar-refractivity contribution in [3.05, 3.63) is 41.2 Å². The molecule has 2 heterocycles. The zero-order valence-corrected chi connectivity index (χ0v) is 12.8. The van der Waals surface area contributed by atoms with Crippen LogP contribution in [0.15, 0.2) is 30.5 Å². The summed E-state index contributed by atoms with van der Waals surface area (Å²) in [6.45, 7) is 2.10. The van der Waals surface area contributed by atoms with Crippen LogP contribution in [-0.2, 0) is 11.3 Å². The van der Waals surface area contributed by atoms with Gasteiger partial charge < -0.3 is 5.11 Å². The van der Waals surface area contributed by atoms with Crippen molar-refractivity contribution in [2.24, 2.45) is 5.92 Å². The van der Waals surface area contributed by atoms with Gasteiger partial charge in [0.15, 0.2) is 0 Å². The van der Waals surface area contributed by atoms with Crippen LogP contribution in [0.1, 0.15) is 18.5 Å². The standard InChI is InChI=1S/C15H17ClN4O2/c16-12-3-5-14(6-4-12)20-10-13(17-18-20)9-19-7-1-2-11(8-19)15(21)22/h3-6,10-11H,1-2,7-9H2,(H,21,22). The molecule has 6 nitrogen and oxygen atoms in total. The Bertz CT molecular complexity index is 656. The number of piperidine rings is 1. The Morgan fingerprint density at radius 3 is 2.86 bits per heavy atom. The van der Waals surface area contributed by atoms with Crippen LogP contribution < -0.4 is 0 Å². The summed E-state index contributed by atoms with van der Waals surface area (Å²) in [4.78, 5) is 13.2. The summed E-state index contributed by atoms with van der Waals surface area (Å²) < 4.78 is 1.70. The molecule has 0 bridgehead atoms. The van der Waals surface area contributed by atoms with Crippen LogP contribution in [0.25, 0.3) is 5.69 Å². The maximum atomic E-state index is 11.1. The summed E-state index contributed by atoms with van der Waals surface area (Å²) in [5, 5.41) is 18.1. The van der Waals surface area contributed by atoms with Gasteiger partial charge >= 0.3 is 5.97 Å². The molecule has 1 N–H and O–H groups in total. The second-order valence-electron chi connectivity index (χ2n) is 5.54. The molecule has 0 amide bonds. The Kier molecular flexibility index (Phi) is 4.40. The highest BCUT2D eigenvalue weighted by Crippen LogP contribution is 2.18. The monoisotopic (exact) mass is 320 g/mol. The van der Waals surface area contributed by atoms with Crippen LogP contribution in [-0.4, -0.2) is 44.1 Å². The van der Waals surface area contributed by atoms with E-state index in [0.717, 1.165) is 30.8 Å². The number of aromatic nitrogens is 3. The molecule has 3 rings (SSSR count). The van der Waals surface area contributed by atoms with Crippen LogP contribution in [0.3, 0.4) is 0 Å². The number of rotatable bonds is 4. The minimum atomic E-state index is -0.713. The predicted octanol–water partition coefficient (Wildman–Crippen LogP) is 2.22. The molecule has 1 unspecified atom stereocenters. The number of benzene rings is 1. The molecule has 1 aliphatic rings. The number of nitrogens with zero attached hydrogens (tertiary/aromatic N) is 4. The summed E-state index contributed by atoms with van der Waals surface area (Å²) in [7, 11) is 0. The normalized spacial score (nSPS) is 19.2. The minimum Gasteiger partial charge on any atom is -0.481 e. The van der Waals surface area contributed by atoms with Gasteiger partial charge in [-0.25, -0.2) is 4.68 Å². The van der Waals surface area contributed by atoms with Crippen LogP contribution in [0.5, 0.6) is 0 Å². The highest BCUT2D eigenvalue weighted by Gasteiger charge is 2.25. The highest BCUT2D eigenvalue weighted by atomic mass is 35.5. The minimum absolute atomic E-state index is 0.278. The van der Waals surface area contributed by atoms with Crippen molar-refractivity contribution >= 4 is 17.6 Å². The summed E-state index contributed by atoms with van der Waals surface area (Å²) >= 11 is 5.87. The second kappa shape index (κ2) is 6.46. The Balaban J connectivity index is 1.66. The first-order chi connectivity index (χ1) is 10.6. The zero-order chi connectivity index (χ0) is 15.5. The van der Waals surface area contributed by atoms with Crippen LogP contribution >= 0.6 is 11.6 Å². The number of halogens is 1. The Labute approximate surface area is 133 Å². The number of hydrogen-bond acceptors (Lipinski definition) is 4. The lowest BCUT2D eigenvalue weighted by molar-refractivity contribution is -0.143. The maximum Gasteiger partial charge on any atom is 0.307 e. The molecule has 0 radical (unpaired) electrons. The molecule has 1 aromatic carbocycles. The van der Waals surface area contributed by atoms with E-state index in [1.54, 1.807) is 16.8 Å². The van der Waals surface area contributed by atoms with Crippen molar-refractivity contribution in [1.82, 2.24) is 19.9 Å². The fraction of sp³-hybridized carbons (Fsp3) is 0.400. The van der Waals surface area contributed by atoms with Gasteiger partial charge in [0.2, 0.25) is 0 Å². The molecule has 116 valence electrons. The molecule has 0 saturated carbocycles. The number of hydrogen-bond donors (Lipinski definition) is 1. The second-order valence-corrected chi connectivity index (χ2v) is 5.98. The van der Waals surface area contributed by atoms with E-state index in [1.165, 1.54) is 0 Å². The van der Waals surface area contributed by atoms with E-state index >= 15 is 0 Å². The molecule has 1 fully saturated rings. The molecule has 1 atom stereocenters. The largest absolute Gasteiger partial charge is 0.481 e. The van der Waals surface area contributed by atoms with Gasteiger partial charge in [-0.05, 0) is 43.7 Å². The lowest BCUT2D eigenvalue weighted by Gasteiger charge is -2.29. The number of aliphatic carboxylic acids is 1. The van der Waals surface area contributed by atoms with E-state index in [1.807, 2.05) is 18.3 Å². The van der Waals surface area contributed by atoms with E-state index in [4.69, 9.17) is 16.7 Å². The first-order valence-corrected chi connectivity index (χ1v) is 7.62. The number of carboxylic acid groups (broad SMARTS) is 1. The van der Waals surface area contributed by atoms with Crippen LogP contribution in [0.2, 0.25) is 5.02 Å². The summed E-state index contributed by atoms with van der Waals surface area (Å²) in [5.41, 5.74) is 1.73. The molecule has 1 aliphatic heterocycles. The van der Waals surface area contributed by atoms with Crippen LogP contribution in [0, 0.1) is 5.92 Å². The molecular weight excluding hydrogens is 304 g/mol. The zero-order valence-electron chi connectivity index (χ0n) is 12.0. The fourth-order valence-electron chi connectivity index (χ4n) is 2.72. The highest BCUT2D eigenvalue weighted by molar-refractivity contribution is 6.30. The summed E-state index contributed by atoms with van der Waals surface area (Å²) in [5.74, 6) is -0.991. The molecule has 1 aromatic heterocycles. The van der Waals surface area contributed by atoms with E-state index in [0.29, 0.717) is 18.1 Å². The van der Waals surface area contributed by atoms with Crippen molar-refractivity contribution in [1.29, 1.82) is 0 Å². The number of carboxylic acids is 1. The third-order valence-corrected chi connectivity index (χ3v) is 4.12. The van der Waals surface area contributed by atoms with Gasteiger partial charge in [0, 0.05) is 18.1 Å². The topological polar surface area (TPSA) is 71.2 Å². The van der Waals surface area contributed by atoms with Crippen molar-refractivity contribution in [3.8, 4) is 5.69 Å². The first kappa shape index (κ1) is 15.0. The third kappa shape index (κ3) is 3.45. The molecule has 7 heteroatoms. The predicted molar refractivity (Wildman–Crippen MR) is 82.0 cm³/mol. The van der Waals surface area contributed by atoms with Gasteiger partial charge in [-0.1, -0.05) is 16.8 Å². The molecule has 1 saturated heterocycles. The average molecular weight is 321 g/mol.